The molecule has 2 fully saturated rings. The molecule has 6 nitrogen and oxygen atoms in total. The molecule has 0 aromatic rings. The Hall–Kier alpha value is -1.30. The van der Waals surface area contributed by atoms with Gasteiger partial charge in [-0.3, -0.25) is 4.79 Å². The highest BCUT2D eigenvalue weighted by atomic mass is 16.5. The molecule has 2 unspecified atom stereocenters. The highest BCUT2D eigenvalue weighted by molar-refractivity contribution is 5.85. The lowest BCUT2D eigenvalue weighted by atomic mass is 9.76. The fraction of sp³-hybridized carbons (Fsp3) is 0.889. The van der Waals surface area contributed by atoms with Gasteiger partial charge in [-0.05, 0) is 39.0 Å². The minimum atomic E-state index is 0.0335. The van der Waals surface area contributed by atoms with Crippen molar-refractivity contribution in [2.75, 3.05) is 46.9 Å². The number of aliphatic imine (C=N–C) groups is 1. The number of hydrogen-bond acceptors (Lipinski definition) is 3. The van der Waals surface area contributed by atoms with Gasteiger partial charge in [0.2, 0.25) is 5.91 Å². The average Bonchev–Trinajstić information content (AvgIpc) is 2.58. The minimum absolute atomic E-state index is 0.0335. The molecule has 2 saturated heterocycles. The quantitative estimate of drug-likeness (QED) is 0.626. The number of ether oxygens (including phenoxy) is 1. The third-order valence-electron chi connectivity index (χ3n) is 5.22. The number of piperidine rings is 1. The number of guanidine groups is 1. The molecule has 1 N–H and O–H groups in total. The Morgan fingerprint density at radius 3 is 2.75 bits per heavy atom. The predicted octanol–water partition coefficient (Wildman–Crippen LogP) is 1.71. The maximum atomic E-state index is 11.9. The number of nitrogens with one attached hydrogen (secondary N) is 1. The molecule has 0 bridgehead atoms. The first-order valence-corrected chi connectivity index (χ1v) is 9.29. The third kappa shape index (κ3) is 5.10. The first-order valence-electron chi connectivity index (χ1n) is 9.29. The van der Waals surface area contributed by atoms with Gasteiger partial charge in [0.15, 0.2) is 5.96 Å². The lowest BCUT2D eigenvalue weighted by Gasteiger charge is -2.46. The maximum Gasteiger partial charge on any atom is 0.243 e. The van der Waals surface area contributed by atoms with Crippen molar-refractivity contribution in [1.29, 1.82) is 0 Å². The summed E-state index contributed by atoms with van der Waals surface area (Å²) in [6.45, 7) is 8.25. The minimum Gasteiger partial charge on any atom is -0.381 e. The summed E-state index contributed by atoms with van der Waals surface area (Å²) >= 11 is 0. The molecule has 0 aliphatic carbocycles. The molecule has 2 rings (SSSR count). The van der Waals surface area contributed by atoms with Crippen molar-refractivity contribution in [2.24, 2.45) is 10.4 Å². The summed E-state index contributed by atoms with van der Waals surface area (Å²) in [6, 6.07) is 0.346. The molecule has 0 radical (unpaired) electrons. The largest absolute Gasteiger partial charge is 0.381 e. The van der Waals surface area contributed by atoms with Gasteiger partial charge in [-0.25, -0.2) is 4.99 Å². The average molecular weight is 338 g/mol. The molecule has 24 heavy (non-hydrogen) atoms. The SMILES string of the molecule is CCC(C)NC(=NCC(=O)N(C)C)N1CCCC2(CCCOC2)C1. The van der Waals surface area contributed by atoms with Crippen LogP contribution in [0.15, 0.2) is 4.99 Å². The number of amides is 1. The van der Waals surface area contributed by atoms with Crippen molar-refractivity contribution in [3.63, 3.8) is 0 Å². The second-order valence-electron chi connectivity index (χ2n) is 7.56. The lowest BCUT2D eigenvalue weighted by molar-refractivity contribution is -0.127. The zero-order valence-corrected chi connectivity index (χ0v) is 15.8. The number of likely N-dealkylation sites (N-methyl/N-ethyl adjacent to an activating group) is 1. The van der Waals surface area contributed by atoms with Crippen molar-refractivity contribution < 1.29 is 9.53 Å². The van der Waals surface area contributed by atoms with Crippen LogP contribution in [0.5, 0.6) is 0 Å². The summed E-state index contributed by atoms with van der Waals surface area (Å²) in [5.74, 6) is 0.912. The lowest BCUT2D eigenvalue weighted by Crippen LogP contribution is -2.54. The Labute approximate surface area is 146 Å². The van der Waals surface area contributed by atoms with Crippen LogP contribution in [0.3, 0.4) is 0 Å². The number of carbonyl (C=O) groups excluding carboxylic acids is 1. The molecule has 2 heterocycles. The third-order valence-corrected chi connectivity index (χ3v) is 5.22. The summed E-state index contributed by atoms with van der Waals surface area (Å²) in [5, 5.41) is 3.52. The Bertz CT molecular complexity index is 439. The van der Waals surface area contributed by atoms with E-state index in [1.54, 1.807) is 19.0 Å². The van der Waals surface area contributed by atoms with Crippen LogP contribution in [0, 0.1) is 5.41 Å². The Morgan fingerprint density at radius 1 is 1.38 bits per heavy atom. The van der Waals surface area contributed by atoms with Crippen molar-refractivity contribution >= 4 is 11.9 Å². The summed E-state index contributed by atoms with van der Waals surface area (Å²) < 4.78 is 5.78. The number of hydrogen-bond donors (Lipinski definition) is 1. The molecule has 0 aromatic heterocycles. The standard InChI is InChI=1S/C18H34N4O2/c1-5-15(2)20-17(19-12-16(23)21(3)4)22-10-6-8-18(13-22)9-7-11-24-14-18/h15H,5-14H2,1-4H3,(H,19,20). The van der Waals surface area contributed by atoms with Gasteiger partial charge in [0.25, 0.3) is 0 Å². The van der Waals surface area contributed by atoms with E-state index >= 15 is 0 Å². The summed E-state index contributed by atoms with van der Waals surface area (Å²) in [6.07, 6.45) is 5.81. The molecule has 2 aliphatic heterocycles. The highest BCUT2D eigenvalue weighted by Crippen LogP contribution is 2.37. The molecule has 0 aromatic carbocycles. The van der Waals surface area contributed by atoms with Crippen LogP contribution in [0.4, 0.5) is 0 Å². The molecule has 1 spiro atoms. The Morgan fingerprint density at radius 2 is 2.12 bits per heavy atom. The number of rotatable bonds is 4. The zero-order valence-electron chi connectivity index (χ0n) is 15.8. The van der Waals surface area contributed by atoms with Crippen LogP contribution >= 0.6 is 0 Å². The molecule has 0 saturated carbocycles. The predicted molar refractivity (Wildman–Crippen MR) is 97.2 cm³/mol. The van der Waals surface area contributed by atoms with E-state index in [1.807, 2.05) is 0 Å². The van der Waals surface area contributed by atoms with E-state index < -0.39 is 0 Å². The van der Waals surface area contributed by atoms with Crippen LogP contribution in [0.1, 0.15) is 46.0 Å². The number of carbonyl (C=O) groups is 1. The van der Waals surface area contributed by atoms with Crippen LogP contribution in [0.25, 0.3) is 0 Å². The molecule has 2 aliphatic rings. The van der Waals surface area contributed by atoms with E-state index in [9.17, 15) is 4.79 Å². The van der Waals surface area contributed by atoms with Crippen LogP contribution in [-0.2, 0) is 9.53 Å². The van der Waals surface area contributed by atoms with Crippen LogP contribution in [-0.4, -0.2) is 74.7 Å². The molecule has 2 atom stereocenters. The molecule has 1 amide bonds. The van der Waals surface area contributed by atoms with E-state index in [0.29, 0.717) is 6.04 Å². The topological polar surface area (TPSA) is 57.2 Å². The van der Waals surface area contributed by atoms with E-state index in [1.165, 1.54) is 12.8 Å². The van der Waals surface area contributed by atoms with Gasteiger partial charge in [0.05, 0.1) is 6.61 Å². The molecule has 138 valence electrons. The molecular formula is C18H34N4O2. The van der Waals surface area contributed by atoms with Crippen LogP contribution in [0.2, 0.25) is 0 Å². The van der Waals surface area contributed by atoms with Gasteiger partial charge in [0, 0.05) is 45.2 Å². The van der Waals surface area contributed by atoms with E-state index in [-0.39, 0.29) is 17.9 Å². The first kappa shape index (κ1) is 19.0. The Balaban J connectivity index is 2.09. The number of nitrogens with zero attached hydrogens (tertiary/aromatic N) is 3. The monoisotopic (exact) mass is 338 g/mol. The normalized spacial score (nSPS) is 26.3. The van der Waals surface area contributed by atoms with E-state index in [2.05, 4.69) is 29.1 Å². The van der Waals surface area contributed by atoms with Gasteiger partial charge < -0.3 is 19.9 Å². The van der Waals surface area contributed by atoms with E-state index in [4.69, 9.17) is 4.74 Å². The molecule has 6 heteroatoms. The van der Waals surface area contributed by atoms with Crippen LogP contribution < -0.4 is 5.32 Å². The van der Waals surface area contributed by atoms with Gasteiger partial charge >= 0.3 is 0 Å². The Kier molecular flexibility index (Phi) is 6.90. The first-order chi connectivity index (χ1) is 11.5. The van der Waals surface area contributed by atoms with Gasteiger partial charge in [-0.2, -0.15) is 0 Å². The summed E-state index contributed by atoms with van der Waals surface area (Å²) in [7, 11) is 3.55. The smallest absolute Gasteiger partial charge is 0.243 e. The second-order valence-corrected chi connectivity index (χ2v) is 7.56. The van der Waals surface area contributed by atoms with E-state index in [0.717, 1.165) is 51.5 Å². The fourth-order valence-electron chi connectivity index (χ4n) is 3.46. The summed E-state index contributed by atoms with van der Waals surface area (Å²) in [4.78, 5) is 20.5. The molecular weight excluding hydrogens is 304 g/mol. The van der Waals surface area contributed by atoms with Gasteiger partial charge in [0.1, 0.15) is 6.54 Å². The fourth-order valence-corrected chi connectivity index (χ4v) is 3.46. The van der Waals surface area contributed by atoms with Gasteiger partial charge in [-0.1, -0.05) is 6.92 Å². The van der Waals surface area contributed by atoms with Crippen molar-refractivity contribution in [3.05, 3.63) is 0 Å². The maximum absolute atomic E-state index is 11.9. The van der Waals surface area contributed by atoms with Crippen molar-refractivity contribution in [3.8, 4) is 0 Å². The van der Waals surface area contributed by atoms with Gasteiger partial charge in [-0.15, -0.1) is 0 Å². The second kappa shape index (κ2) is 8.70. The van der Waals surface area contributed by atoms with Crippen molar-refractivity contribution in [1.82, 2.24) is 15.1 Å². The zero-order chi connectivity index (χ0) is 17.6. The number of likely N-dealkylation sites (tertiary alicyclic amines) is 1. The van der Waals surface area contributed by atoms with Crippen molar-refractivity contribution in [2.45, 2.75) is 52.0 Å². The highest BCUT2D eigenvalue weighted by Gasteiger charge is 2.38. The summed E-state index contributed by atoms with van der Waals surface area (Å²) in [5.41, 5.74) is 0.264.